The van der Waals surface area contributed by atoms with Gasteiger partial charge in [-0.25, -0.2) is 4.98 Å². The number of likely N-dealkylation sites (N-methyl/N-ethyl adjacent to an activating group) is 1. The summed E-state index contributed by atoms with van der Waals surface area (Å²) in [6.07, 6.45) is 3.77. The van der Waals surface area contributed by atoms with Crippen molar-refractivity contribution in [2.45, 2.75) is 44.9 Å². The highest BCUT2D eigenvalue weighted by Gasteiger charge is 2.29. The van der Waals surface area contributed by atoms with Gasteiger partial charge in [-0.2, -0.15) is 14.4 Å². The Kier molecular flexibility index (Phi) is 6.43. The van der Waals surface area contributed by atoms with Crippen LogP contribution in [0.15, 0.2) is 54.9 Å². The number of halogens is 2. The van der Waals surface area contributed by atoms with E-state index in [-0.39, 0.29) is 17.8 Å². The average Bonchev–Trinajstić information content (AvgIpc) is 3.54. The summed E-state index contributed by atoms with van der Waals surface area (Å²) in [5, 5.41) is 13.6. The number of benzene rings is 3. The molecule has 1 N–H and O–H groups in total. The van der Waals surface area contributed by atoms with Gasteiger partial charge in [-0.15, -0.1) is 0 Å². The topological polar surface area (TPSA) is 79.5 Å². The van der Waals surface area contributed by atoms with Gasteiger partial charge in [-0.3, -0.25) is 0 Å². The number of fused-ring (bicyclic) bond motifs is 3. The van der Waals surface area contributed by atoms with Crippen molar-refractivity contribution in [2.24, 2.45) is 0 Å². The van der Waals surface area contributed by atoms with Crippen LogP contribution >= 0.6 is 11.6 Å². The Bertz CT molecular complexity index is 1790. The number of ether oxygens (including phenoxy) is 1. The van der Waals surface area contributed by atoms with E-state index in [1.807, 2.05) is 41.0 Å². The standard InChI is InChI=1S/C31H30ClFN6O2/c1-18-14-38-17-34-29(33)27(38)15-39(18)30-23-9-8-19(24-13-22(40)11-20-5-3-7-25(32)28(20)24)12-26(23)35-31(36-30)41-16-21-6-4-10-37(21)2/h3,5,7-9,11-13,17-18,21,40H,4,6,10,14-16H2,1-2H3/t18-,21+/m1/s1. The molecule has 10 heteroatoms. The molecule has 41 heavy (non-hydrogen) atoms. The summed E-state index contributed by atoms with van der Waals surface area (Å²) in [7, 11) is 2.11. The van der Waals surface area contributed by atoms with Gasteiger partial charge in [0.25, 0.3) is 0 Å². The second-order valence-corrected chi connectivity index (χ2v) is 11.5. The van der Waals surface area contributed by atoms with Gasteiger partial charge in [0.05, 0.1) is 24.1 Å². The van der Waals surface area contributed by atoms with Crippen LogP contribution < -0.4 is 9.64 Å². The Morgan fingerprint density at radius 2 is 2.02 bits per heavy atom. The van der Waals surface area contributed by atoms with Crippen LogP contribution in [0, 0.1) is 5.95 Å². The number of hydrogen-bond acceptors (Lipinski definition) is 7. The number of hydrogen-bond donors (Lipinski definition) is 1. The molecule has 0 bridgehead atoms. The Balaban J connectivity index is 1.36. The molecule has 3 aromatic carbocycles. The fourth-order valence-electron chi connectivity index (χ4n) is 6.18. The molecule has 0 amide bonds. The van der Waals surface area contributed by atoms with E-state index in [0.29, 0.717) is 47.8 Å². The van der Waals surface area contributed by atoms with Gasteiger partial charge in [0, 0.05) is 34.4 Å². The van der Waals surface area contributed by atoms with Gasteiger partial charge in [-0.05, 0) is 80.2 Å². The number of imidazole rings is 1. The van der Waals surface area contributed by atoms with Crippen molar-refractivity contribution < 1.29 is 14.2 Å². The maximum absolute atomic E-state index is 14.6. The number of nitrogens with zero attached hydrogens (tertiary/aromatic N) is 6. The molecule has 2 atom stereocenters. The van der Waals surface area contributed by atoms with E-state index in [1.54, 1.807) is 18.5 Å². The van der Waals surface area contributed by atoms with Crippen LogP contribution in [0.3, 0.4) is 0 Å². The highest BCUT2D eigenvalue weighted by atomic mass is 35.5. The first-order chi connectivity index (χ1) is 19.9. The first-order valence-corrected chi connectivity index (χ1v) is 14.3. The SMILES string of the molecule is C[C@@H]1Cn2cnc(F)c2CN1c1nc(OC[C@@H]2CCCN2C)nc2cc(-c3cc(O)cc4cccc(Cl)c34)ccc12. The zero-order valence-corrected chi connectivity index (χ0v) is 23.6. The predicted molar refractivity (Wildman–Crippen MR) is 158 cm³/mol. The van der Waals surface area contributed by atoms with E-state index in [9.17, 15) is 9.50 Å². The number of rotatable bonds is 5. The quantitative estimate of drug-likeness (QED) is 0.276. The molecule has 8 nitrogen and oxygen atoms in total. The normalized spacial score (nSPS) is 19.3. The molecule has 2 aliphatic heterocycles. The number of aromatic nitrogens is 4. The highest BCUT2D eigenvalue weighted by molar-refractivity contribution is 6.36. The number of anilines is 1. The summed E-state index contributed by atoms with van der Waals surface area (Å²) in [5.41, 5.74) is 2.88. The minimum absolute atomic E-state index is 0.0384. The Hall–Kier alpha value is -3.95. The number of likely N-dealkylation sites (tertiary alicyclic amines) is 1. The fraction of sp³-hybridized carbons (Fsp3) is 0.323. The maximum atomic E-state index is 14.6. The van der Waals surface area contributed by atoms with E-state index in [1.165, 1.54) is 0 Å². The van der Waals surface area contributed by atoms with E-state index in [0.717, 1.165) is 46.7 Å². The maximum Gasteiger partial charge on any atom is 0.319 e. The molecule has 2 aliphatic rings. The van der Waals surface area contributed by atoms with Crippen LogP contribution in [0.5, 0.6) is 11.8 Å². The molecular formula is C31H30ClFN6O2. The Labute approximate surface area is 242 Å². The average molecular weight is 573 g/mol. The van der Waals surface area contributed by atoms with Crippen molar-refractivity contribution in [3.05, 3.63) is 71.5 Å². The lowest BCUT2D eigenvalue weighted by Gasteiger charge is -2.35. The van der Waals surface area contributed by atoms with E-state index < -0.39 is 5.95 Å². The van der Waals surface area contributed by atoms with Crippen molar-refractivity contribution in [3.8, 4) is 22.9 Å². The molecular weight excluding hydrogens is 543 g/mol. The van der Waals surface area contributed by atoms with E-state index in [2.05, 4.69) is 28.8 Å². The lowest BCUT2D eigenvalue weighted by molar-refractivity contribution is 0.188. The first kappa shape index (κ1) is 26.0. The third kappa shape index (κ3) is 4.63. The third-order valence-electron chi connectivity index (χ3n) is 8.43. The van der Waals surface area contributed by atoms with E-state index >= 15 is 0 Å². The smallest absolute Gasteiger partial charge is 0.319 e. The summed E-state index contributed by atoms with van der Waals surface area (Å²) < 4.78 is 22.6. The summed E-state index contributed by atoms with van der Waals surface area (Å²) >= 11 is 6.63. The van der Waals surface area contributed by atoms with Gasteiger partial charge in [0.15, 0.2) is 0 Å². The lowest BCUT2D eigenvalue weighted by atomic mass is 9.96. The number of aromatic hydroxyl groups is 1. The molecule has 0 saturated carbocycles. The molecule has 0 radical (unpaired) electrons. The Morgan fingerprint density at radius 1 is 1.15 bits per heavy atom. The van der Waals surface area contributed by atoms with Crippen LogP contribution in [0.1, 0.15) is 25.5 Å². The van der Waals surface area contributed by atoms with Crippen molar-refractivity contribution >= 4 is 39.1 Å². The highest BCUT2D eigenvalue weighted by Crippen LogP contribution is 2.39. The fourth-order valence-corrected chi connectivity index (χ4v) is 6.46. The minimum Gasteiger partial charge on any atom is -0.508 e. The number of phenolic OH excluding ortho intramolecular Hbond substituents is 1. The van der Waals surface area contributed by atoms with Gasteiger partial charge in [0.2, 0.25) is 5.95 Å². The lowest BCUT2D eigenvalue weighted by Crippen LogP contribution is -2.41. The molecule has 0 aliphatic carbocycles. The summed E-state index contributed by atoms with van der Waals surface area (Å²) in [5.74, 6) is 0.383. The van der Waals surface area contributed by atoms with E-state index in [4.69, 9.17) is 26.3 Å². The van der Waals surface area contributed by atoms with Crippen LogP contribution in [-0.2, 0) is 13.1 Å². The zero-order valence-electron chi connectivity index (χ0n) is 22.9. The summed E-state index contributed by atoms with van der Waals surface area (Å²) in [4.78, 5) is 18.0. The van der Waals surface area contributed by atoms with Crippen molar-refractivity contribution in [2.75, 3.05) is 25.1 Å². The van der Waals surface area contributed by atoms with Crippen molar-refractivity contribution in [1.29, 1.82) is 0 Å². The second kappa shape index (κ2) is 10.2. The summed E-state index contributed by atoms with van der Waals surface area (Å²) in [6, 6.07) is 15.7. The van der Waals surface area contributed by atoms with Gasteiger partial charge >= 0.3 is 6.01 Å². The molecule has 1 fully saturated rings. The molecule has 2 aromatic heterocycles. The van der Waals surface area contributed by atoms with Gasteiger partial charge in [-0.1, -0.05) is 29.8 Å². The molecule has 7 rings (SSSR count). The molecule has 4 heterocycles. The molecule has 0 unspecified atom stereocenters. The number of phenols is 1. The van der Waals surface area contributed by atoms with Gasteiger partial charge in [0.1, 0.15) is 18.2 Å². The van der Waals surface area contributed by atoms with Crippen molar-refractivity contribution in [3.63, 3.8) is 0 Å². The third-order valence-corrected chi connectivity index (χ3v) is 8.75. The van der Waals surface area contributed by atoms with Crippen LogP contribution in [0.25, 0.3) is 32.8 Å². The van der Waals surface area contributed by atoms with Crippen LogP contribution in [0.4, 0.5) is 10.2 Å². The summed E-state index contributed by atoms with van der Waals surface area (Å²) in [6.45, 7) is 4.56. The second-order valence-electron chi connectivity index (χ2n) is 11.1. The molecule has 5 aromatic rings. The van der Waals surface area contributed by atoms with Crippen LogP contribution in [0.2, 0.25) is 5.02 Å². The first-order valence-electron chi connectivity index (χ1n) is 13.9. The predicted octanol–water partition coefficient (Wildman–Crippen LogP) is 6.03. The Morgan fingerprint density at radius 3 is 2.85 bits per heavy atom. The zero-order chi connectivity index (χ0) is 28.2. The largest absolute Gasteiger partial charge is 0.508 e. The molecule has 0 spiro atoms. The van der Waals surface area contributed by atoms with Gasteiger partial charge < -0.3 is 24.2 Å². The monoisotopic (exact) mass is 572 g/mol. The van der Waals surface area contributed by atoms with Crippen molar-refractivity contribution in [1.82, 2.24) is 24.4 Å². The van der Waals surface area contributed by atoms with Crippen LogP contribution in [-0.4, -0.2) is 61.8 Å². The molecule has 1 saturated heterocycles. The molecule has 210 valence electrons. The minimum atomic E-state index is -0.462.